The summed E-state index contributed by atoms with van der Waals surface area (Å²) in [5.74, 6) is -0.163. The third kappa shape index (κ3) is 3.57. The highest BCUT2D eigenvalue weighted by molar-refractivity contribution is 9.10. The van der Waals surface area contributed by atoms with Gasteiger partial charge in [0.15, 0.2) is 0 Å². The first-order valence-corrected chi connectivity index (χ1v) is 10.2. The summed E-state index contributed by atoms with van der Waals surface area (Å²) >= 11 is 3.38. The molecule has 132 valence electrons. The van der Waals surface area contributed by atoms with E-state index in [1.165, 1.54) is 11.8 Å². The fraction of sp³-hybridized carbons (Fsp3) is 0.278. The smallest absolute Gasteiger partial charge is 0.264 e. The summed E-state index contributed by atoms with van der Waals surface area (Å²) in [6, 6.07) is 8.96. The van der Waals surface area contributed by atoms with Crippen LogP contribution in [-0.4, -0.2) is 20.9 Å². The van der Waals surface area contributed by atoms with Crippen LogP contribution in [0.3, 0.4) is 0 Å². The lowest BCUT2D eigenvalue weighted by molar-refractivity contribution is -0.116. The molecule has 0 fully saturated rings. The Bertz CT molecular complexity index is 950. The summed E-state index contributed by atoms with van der Waals surface area (Å²) < 4.78 is 29.4. The maximum atomic E-state index is 13.0. The summed E-state index contributed by atoms with van der Waals surface area (Å²) in [7, 11) is -3.83. The molecule has 0 bridgehead atoms. The van der Waals surface area contributed by atoms with Crippen molar-refractivity contribution in [2.75, 3.05) is 16.2 Å². The van der Waals surface area contributed by atoms with Gasteiger partial charge in [-0.15, -0.1) is 0 Å². The highest BCUT2D eigenvalue weighted by atomic mass is 79.9. The SMILES string of the molecule is CC(=O)N1CCc2cc(Br)cc(S(=O)(=O)Nc3cc(C)cc(C)c3)c21. The predicted molar refractivity (Wildman–Crippen MR) is 103 cm³/mol. The van der Waals surface area contributed by atoms with Gasteiger partial charge >= 0.3 is 0 Å². The first-order chi connectivity index (χ1) is 11.7. The van der Waals surface area contributed by atoms with Crippen molar-refractivity contribution in [3.8, 4) is 0 Å². The van der Waals surface area contributed by atoms with Gasteiger partial charge in [0.2, 0.25) is 5.91 Å². The van der Waals surface area contributed by atoms with Gasteiger partial charge in [0.05, 0.1) is 5.69 Å². The Hall–Kier alpha value is -1.86. The van der Waals surface area contributed by atoms with E-state index in [1.54, 1.807) is 18.2 Å². The van der Waals surface area contributed by atoms with E-state index in [0.717, 1.165) is 16.7 Å². The van der Waals surface area contributed by atoms with Crippen LogP contribution in [0.25, 0.3) is 0 Å². The average molecular weight is 423 g/mol. The second-order valence-electron chi connectivity index (χ2n) is 6.31. The van der Waals surface area contributed by atoms with Crippen LogP contribution in [0, 0.1) is 13.8 Å². The molecule has 7 heteroatoms. The van der Waals surface area contributed by atoms with E-state index in [-0.39, 0.29) is 10.8 Å². The van der Waals surface area contributed by atoms with Crippen molar-refractivity contribution >= 4 is 43.2 Å². The van der Waals surface area contributed by atoms with Crippen molar-refractivity contribution in [1.82, 2.24) is 0 Å². The van der Waals surface area contributed by atoms with E-state index in [1.807, 2.05) is 26.0 Å². The third-order valence-corrected chi connectivity index (χ3v) is 5.99. The Labute approximate surface area is 156 Å². The minimum absolute atomic E-state index is 0.115. The first-order valence-electron chi connectivity index (χ1n) is 7.89. The Balaban J connectivity index is 2.10. The van der Waals surface area contributed by atoms with Gasteiger partial charge < -0.3 is 4.90 Å². The lowest BCUT2D eigenvalue weighted by Crippen LogP contribution is -2.28. The molecule has 0 saturated heterocycles. The number of benzene rings is 2. The second-order valence-corrected chi connectivity index (χ2v) is 8.88. The number of amides is 1. The molecule has 2 aromatic rings. The van der Waals surface area contributed by atoms with E-state index in [2.05, 4.69) is 20.7 Å². The summed E-state index contributed by atoms with van der Waals surface area (Å²) in [5, 5.41) is 0. The largest absolute Gasteiger partial charge is 0.311 e. The number of hydrogen-bond acceptors (Lipinski definition) is 3. The number of hydrogen-bond donors (Lipinski definition) is 1. The van der Waals surface area contributed by atoms with Crippen molar-refractivity contribution in [1.29, 1.82) is 0 Å². The van der Waals surface area contributed by atoms with Crippen molar-refractivity contribution in [2.45, 2.75) is 32.1 Å². The standard InChI is InChI=1S/C18H19BrN2O3S/c1-11-6-12(2)8-16(7-11)20-25(23,24)17-10-15(19)9-14-4-5-21(13(3)22)18(14)17/h6-10,20H,4-5H2,1-3H3. The normalized spacial score (nSPS) is 13.7. The van der Waals surface area contributed by atoms with Crippen molar-refractivity contribution < 1.29 is 13.2 Å². The average Bonchev–Trinajstić information content (AvgIpc) is 2.88. The molecule has 3 rings (SSSR count). The van der Waals surface area contributed by atoms with Crippen molar-refractivity contribution in [3.05, 3.63) is 51.5 Å². The van der Waals surface area contributed by atoms with Gasteiger partial charge in [0, 0.05) is 23.6 Å². The van der Waals surface area contributed by atoms with Gasteiger partial charge in [-0.25, -0.2) is 8.42 Å². The number of carbonyl (C=O) groups is 1. The molecule has 1 N–H and O–H groups in total. The maximum absolute atomic E-state index is 13.0. The Morgan fingerprint density at radius 1 is 1.12 bits per heavy atom. The lowest BCUT2D eigenvalue weighted by Gasteiger charge is -2.20. The molecular formula is C18H19BrN2O3S. The molecule has 1 aliphatic heterocycles. The number of aryl methyl sites for hydroxylation is 2. The molecular weight excluding hydrogens is 404 g/mol. The molecule has 0 aromatic heterocycles. The molecule has 1 aliphatic rings. The van der Waals surface area contributed by atoms with Gasteiger partial charge in [-0.1, -0.05) is 22.0 Å². The zero-order valence-corrected chi connectivity index (χ0v) is 16.7. The maximum Gasteiger partial charge on any atom is 0.264 e. The van der Waals surface area contributed by atoms with E-state index in [0.29, 0.717) is 28.8 Å². The van der Waals surface area contributed by atoms with Crippen LogP contribution < -0.4 is 9.62 Å². The van der Waals surface area contributed by atoms with Gasteiger partial charge in [0.1, 0.15) is 4.90 Å². The van der Waals surface area contributed by atoms with Crippen LogP contribution in [0.1, 0.15) is 23.6 Å². The molecule has 1 amide bonds. The number of carbonyl (C=O) groups excluding carboxylic acids is 1. The van der Waals surface area contributed by atoms with Crippen LogP contribution in [0.2, 0.25) is 0 Å². The topological polar surface area (TPSA) is 66.5 Å². The summed E-state index contributed by atoms with van der Waals surface area (Å²) in [6.07, 6.45) is 0.639. The molecule has 0 unspecified atom stereocenters. The summed E-state index contributed by atoms with van der Waals surface area (Å²) in [5.41, 5.74) is 3.79. The van der Waals surface area contributed by atoms with Crippen LogP contribution in [0.5, 0.6) is 0 Å². The van der Waals surface area contributed by atoms with Crippen LogP contribution in [0.15, 0.2) is 39.7 Å². The van der Waals surface area contributed by atoms with Crippen molar-refractivity contribution in [3.63, 3.8) is 0 Å². The van der Waals surface area contributed by atoms with Gasteiger partial charge in [-0.3, -0.25) is 9.52 Å². The number of nitrogens with zero attached hydrogens (tertiary/aromatic N) is 1. The summed E-state index contributed by atoms with van der Waals surface area (Å²) in [4.78, 5) is 13.6. The van der Waals surface area contributed by atoms with Crippen LogP contribution in [-0.2, 0) is 21.2 Å². The number of halogens is 1. The molecule has 25 heavy (non-hydrogen) atoms. The number of sulfonamides is 1. The second kappa shape index (κ2) is 6.46. The van der Waals surface area contributed by atoms with Gasteiger partial charge in [-0.2, -0.15) is 0 Å². The molecule has 1 heterocycles. The fourth-order valence-corrected chi connectivity index (χ4v) is 5.21. The van der Waals surface area contributed by atoms with E-state index >= 15 is 0 Å². The molecule has 5 nitrogen and oxygen atoms in total. The Kier molecular flexibility index (Phi) is 4.64. The van der Waals surface area contributed by atoms with E-state index < -0.39 is 10.0 Å². The third-order valence-electron chi connectivity index (χ3n) is 4.14. The fourth-order valence-electron chi connectivity index (χ4n) is 3.23. The predicted octanol–water partition coefficient (Wildman–Crippen LogP) is 3.78. The minimum atomic E-state index is -3.83. The summed E-state index contributed by atoms with van der Waals surface area (Å²) in [6.45, 7) is 5.77. The molecule has 2 aromatic carbocycles. The Morgan fingerprint density at radius 3 is 2.36 bits per heavy atom. The Morgan fingerprint density at radius 2 is 1.76 bits per heavy atom. The molecule has 0 spiro atoms. The number of fused-ring (bicyclic) bond motifs is 1. The van der Waals surface area contributed by atoms with E-state index in [9.17, 15) is 13.2 Å². The number of rotatable bonds is 3. The monoisotopic (exact) mass is 422 g/mol. The molecule has 0 atom stereocenters. The van der Waals surface area contributed by atoms with Crippen LogP contribution >= 0.6 is 15.9 Å². The highest BCUT2D eigenvalue weighted by Crippen LogP contribution is 2.38. The van der Waals surface area contributed by atoms with Crippen LogP contribution in [0.4, 0.5) is 11.4 Å². The van der Waals surface area contributed by atoms with Gasteiger partial charge in [-0.05, 0) is 61.2 Å². The molecule has 0 saturated carbocycles. The quantitative estimate of drug-likeness (QED) is 0.817. The highest BCUT2D eigenvalue weighted by Gasteiger charge is 2.31. The zero-order chi connectivity index (χ0) is 18.4. The molecule has 0 aliphatic carbocycles. The zero-order valence-electron chi connectivity index (χ0n) is 14.3. The van der Waals surface area contributed by atoms with E-state index in [4.69, 9.17) is 0 Å². The number of nitrogens with one attached hydrogen (secondary N) is 1. The van der Waals surface area contributed by atoms with Crippen molar-refractivity contribution in [2.24, 2.45) is 0 Å². The first kappa shape index (κ1) is 17.9. The minimum Gasteiger partial charge on any atom is -0.311 e. The molecule has 0 radical (unpaired) electrons. The number of anilines is 2. The lowest BCUT2D eigenvalue weighted by atomic mass is 10.1. The van der Waals surface area contributed by atoms with Gasteiger partial charge in [0.25, 0.3) is 10.0 Å².